The summed E-state index contributed by atoms with van der Waals surface area (Å²) >= 11 is 1.26. The molecule has 0 saturated heterocycles. The number of anilines is 2. The van der Waals surface area contributed by atoms with Gasteiger partial charge in [0, 0.05) is 18.1 Å². The van der Waals surface area contributed by atoms with E-state index in [2.05, 4.69) is 15.5 Å². The molecule has 154 valence electrons. The van der Waals surface area contributed by atoms with Crippen LogP contribution < -0.4 is 15.0 Å². The lowest BCUT2D eigenvalue weighted by atomic mass is 10.0. The molecular formula is C18H21N5O5S. The summed E-state index contributed by atoms with van der Waals surface area (Å²) in [6.45, 7) is 7.26. The van der Waals surface area contributed by atoms with Crippen LogP contribution in [0.1, 0.15) is 38.6 Å². The first-order valence-electron chi connectivity index (χ1n) is 9.07. The van der Waals surface area contributed by atoms with E-state index in [9.17, 15) is 19.7 Å². The van der Waals surface area contributed by atoms with Crippen LogP contribution in [0.25, 0.3) is 0 Å². The van der Waals surface area contributed by atoms with Gasteiger partial charge in [0.2, 0.25) is 11.0 Å². The second kappa shape index (κ2) is 8.11. The van der Waals surface area contributed by atoms with E-state index in [4.69, 9.17) is 4.74 Å². The maximum absolute atomic E-state index is 12.9. The quantitative estimate of drug-likeness (QED) is 0.563. The zero-order valence-corrected chi connectivity index (χ0v) is 17.2. The van der Waals surface area contributed by atoms with E-state index in [-0.39, 0.29) is 29.8 Å². The lowest BCUT2D eigenvalue weighted by Gasteiger charge is -2.35. The molecule has 2 heterocycles. The highest BCUT2D eigenvalue weighted by atomic mass is 32.1. The summed E-state index contributed by atoms with van der Waals surface area (Å²) in [5.74, 6) is -0.555. The Bertz CT molecular complexity index is 958. The van der Waals surface area contributed by atoms with Crippen molar-refractivity contribution in [2.24, 2.45) is 5.92 Å². The third-order valence-corrected chi connectivity index (χ3v) is 5.43. The Kier molecular flexibility index (Phi) is 5.78. The van der Waals surface area contributed by atoms with E-state index < -0.39 is 22.8 Å². The van der Waals surface area contributed by atoms with Gasteiger partial charge in [0.25, 0.3) is 11.6 Å². The number of nitrogens with one attached hydrogen (secondary N) is 1. The molecule has 0 aliphatic carbocycles. The van der Waals surface area contributed by atoms with Crippen LogP contribution in [0.5, 0.6) is 5.75 Å². The number of amides is 2. The molecule has 29 heavy (non-hydrogen) atoms. The number of nitro benzene ring substituents is 1. The zero-order valence-electron chi connectivity index (χ0n) is 16.4. The van der Waals surface area contributed by atoms with Gasteiger partial charge in [-0.1, -0.05) is 39.0 Å². The highest BCUT2D eigenvalue weighted by molar-refractivity contribution is 7.15. The molecule has 1 aromatic carbocycles. The first kappa shape index (κ1) is 20.6. The minimum Gasteiger partial charge on any atom is -0.478 e. The molecule has 1 aliphatic rings. The van der Waals surface area contributed by atoms with Gasteiger partial charge in [0.05, 0.1) is 10.6 Å². The first-order chi connectivity index (χ1) is 13.7. The molecule has 0 bridgehead atoms. The maximum atomic E-state index is 12.9. The molecule has 10 nitrogen and oxygen atoms in total. The number of aromatic nitrogens is 2. The van der Waals surface area contributed by atoms with Crippen molar-refractivity contribution >= 4 is 39.7 Å². The van der Waals surface area contributed by atoms with Crippen LogP contribution in [0.2, 0.25) is 0 Å². The molecule has 1 N–H and O–H groups in total. The van der Waals surface area contributed by atoms with Gasteiger partial charge in [-0.15, -0.1) is 10.2 Å². The summed E-state index contributed by atoms with van der Waals surface area (Å²) in [7, 11) is 0. The van der Waals surface area contributed by atoms with Crippen LogP contribution in [0.4, 0.5) is 16.5 Å². The smallest absolute Gasteiger partial charge is 0.271 e. The van der Waals surface area contributed by atoms with E-state index in [1.165, 1.54) is 34.4 Å². The Balaban J connectivity index is 1.87. The predicted molar refractivity (Wildman–Crippen MR) is 107 cm³/mol. The fourth-order valence-electron chi connectivity index (χ4n) is 2.79. The lowest BCUT2D eigenvalue weighted by molar-refractivity contribution is -0.384. The second-order valence-corrected chi connectivity index (χ2v) is 8.27. The molecule has 0 saturated carbocycles. The average molecular weight is 419 g/mol. The van der Waals surface area contributed by atoms with Crippen molar-refractivity contribution in [2.75, 3.05) is 16.8 Å². The van der Waals surface area contributed by atoms with Crippen molar-refractivity contribution in [1.29, 1.82) is 0 Å². The average Bonchev–Trinajstić information content (AvgIpc) is 3.11. The zero-order chi connectivity index (χ0) is 21.3. The molecule has 1 unspecified atom stereocenters. The van der Waals surface area contributed by atoms with Gasteiger partial charge in [0.15, 0.2) is 6.10 Å². The van der Waals surface area contributed by atoms with Crippen molar-refractivity contribution in [2.45, 2.75) is 39.7 Å². The predicted octanol–water partition coefficient (Wildman–Crippen LogP) is 2.96. The largest absolute Gasteiger partial charge is 0.478 e. The van der Waals surface area contributed by atoms with E-state index in [1.54, 1.807) is 0 Å². The molecule has 1 aromatic heterocycles. The normalized spacial score (nSPS) is 16.0. The van der Waals surface area contributed by atoms with Crippen molar-refractivity contribution in [3.8, 4) is 5.75 Å². The number of nitrogens with zero attached hydrogens (tertiary/aromatic N) is 4. The maximum Gasteiger partial charge on any atom is 0.271 e. The number of hydrogen-bond acceptors (Lipinski definition) is 8. The summed E-state index contributed by atoms with van der Waals surface area (Å²) in [6, 6.07) is 3.98. The van der Waals surface area contributed by atoms with Crippen LogP contribution >= 0.6 is 11.3 Å². The number of rotatable bonds is 6. The Hall–Kier alpha value is -3.08. The fraction of sp³-hybridized carbons (Fsp3) is 0.444. The molecule has 1 atom stereocenters. The van der Waals surface area contributed by atoms with Gasteiger partial charge in [-0.3, -0.25) is 29.9 Å². The molecule has 0 radical (unpaired) electrons. The van der Waals surface area contributed by atoms with E-state index in [0.717, 1.165) is 5.01 Å². The number of benzene rings is 1. The Morgan fingerprint density at radius 2 is 2.07 bits per heavy atom. The Morgan fingerprint density at radius 3 is 2.66 bits per heavy atom. The summed E-state index contributed by atoms with van der Waals surface area (Å²) in [5, 5.41) is 22.8. The standard InChI is InChI=1S/C18H21N5O5S/c1-9(2)15-17(25)22(12-7-11(23(26)27)5-6-13(12)28-15)8-14(24)19-18-21-20-16(29-18)10(3)4/h5-7,9-10,15H,8H2,1-4H3,(H,19,21,24). The van der Waals surface area contributed by atoms with E-state index >= 15 is 0 Å². The van der Waals surface area contributed by atoms with Crippen LogP contribution in [0, 0.1) is 16.0 Å². The number of carbonyl (C=O) groups is 2. The number of hydrogen-bond donors (Lipinski definition) is 1. The minimum absolute atomic E-state index is 0.145. The Labute approximate surface area is 171 Å². The van der Waals surface area contributed by atoms with Gasteiger partial charge in [-0.2, -0.15) is 0 Å². The number of nitro groups is 1. The fourth-order valence-corrected chi connectivity index (χ4v) is 3.56. The van der Waals surface area contributed by atoms with Crippen molar-refractivity contribution < 1.29 is 19.2 Å². The van der Waals surface area contributed by atoms with Gasteiger partial charge < -0.3 is 4.74 Å². The highest BCUT2D eigenvalue weighted by Gasteiger charge is 2.38. The summed E-state index contributed by atoms with van der Waals surface area (Å²) < 4.78 is 5.73. The summed E-state index contributed by atoms with van der Waals surface area (Å²) in [6.07, 6.45) is -0.786. The van der Waals surface area contributed by atoms with Gasteiger partial charge in [-0.05, 0) is 12.0 Å². The van der Waals surface area contributed by atoms with Crippen LogP contribution in [0.15, 0.2) is 18.2 Å². The number of ether oxygens (including phenoxy) is 1. The van der Waals surface area contributed by atoms with Crippen molar-refractivity contribution in [1.82, 2.24) is 10.2 Å². The molecule has 2 amide bonds. The minimum atomic E-state index is -0.786. The summed E-state index contributed by atoms with van der Waals surface area (Å²) in [5.41, 5.74) is -0.00404. The molecule has 3 rings (SSSR count). The summed E-state index contributed by atoms with van der Waals surface area (Å²) in [4.78, 5) is 37.3. The molecule has 0 fully saturated rings. The van der Waals surface area contributed by atoms with Crippen LogP contribution in [-0.2, 0) is 9.59 Å². The topological polar surface area (TPSA) is 128 Å². The van der Waals surface area contributed by atoms with E-state index in [0.29, 0.717) is 10.9 Å². The van der Waals surface area contributed by atoms with Crippen LogP contribution in [0.3, 0.4) is 0 Å². The third-order valence-electron chi connectivity index (χ3n) is 4.30. The number of carbonyl (C=O) groups excluding carboxylic acids is 2. The molecule has 11 heteroatoms. The van der Waals surface area contributed by atoms with Gasteiger partial charge >= 0.3 is 0 Å². The molecular weight excluding hydrogens is 398 g/mol. The number of fused-ring (bicyclic) bond motifs is 1. The monoisotopic (exact) mass is 419 g/mol. The highest BCUT2D eigenvalue weighted by Crippen LogP contribution is 2.38. The van der Waals surface area contributed by atoms with Gasteiger partial charge in [-0.25, -0.2) is 0 Å². The Morgan fingerprint density at radius 1 is 1.34 bits per heavy atom. The lowest BCUT2D eigenvalue weighted by Crippen LogP contribution is -2.50. The third kappa shape index (κ3) is 4.34. The first-order valence-corrected chi connectivity index (χ1v) is 9.88. The number of non-ortho nitro benzene ring substituents is 1. The van der Waals surface area contributed by atoms with Crippen LogP contribution in [-0.4, -0.2) is 39.6 Å². The molecule has 2 aromatic rings. The second-order valence-electron chi connectivity index (χ2n) is 7.26. The van der Waals surface area contributed by atoms with Crippen molar-refractivity contribution in [3.63, 3.8) is 0 Å². The van der Waals surface area contributed by atoms with Gasteiger partial charge in [0.1, 0.15) is 17.3 Å². The van der Waals surface area contributed by atoms with E-state index in [1.807, 2.05) is 27.7 Å². The molecule has 1 aliphatic heterocycles. The molecule has 0 spiro atoms. The SMILES string of the molecule is CC(C)c1nnc(NC(=O)CN2C(=O)C(C(C)C)Oc3ccc([N+](=O)[O-])cc32)s1. The van der Waals surface area contributed by atoms with Crippen molar-refractivity contribution in [3.05, 3.63) is 33.3 Å².